The molecule has 2 heterocycles. The molecule has 84 valence electrons. The molecule has 4 N–H and O–H groups in total. The summed E-state index contributed by atoms with van der Waals surface area (Å²) in [5.41, 5.74) is 5.62. The van der Waals surface area contributed by atoms with Crippen LogP contribution in [0.15, 0.2) is 0 Å². The zero-order valence-electron chi connectivity index (χ0n) is 8.69. The number of aliphatic hydroxyl groups excluding tert-OH is 1. The van der Waals surface area contributed by atoms with Gasteiger partial charge in [0.2, 0.25) is 5.95 Å². The van der Waals surface area contributed by atoms with Gasteiger partial charge in [0.05, 0.1) is 0 Å². The van der Waals surface area contributed by atoms with Crippen molar-refractivity contribution in [3.63, 3.8) is 0 Å². The number of anilines is 1. The molecule has 1 fully saturated rings. The lowest BCUT2D eigenvalue weighted by atomic mass is 9.97. The van der Waals surface area contributed by atoms with E-state index in [4.69, 9.17) is 10.8 Å². The SMILES string of the molecule is NCC1CCN(c2n[nH]c(CO)n2)CC1. The molecule has 6 heteroatoms. The Balaban J connectivity index is 1.95. The first-order valence-electron chi connectivity index (χ1n) is 5.30. The summed E-state index contributed by atoms with van der Waals surface area (Å²) in [4.78, 5) is 6.31. The van der Waals surface area contributed by atoms with Gasteiger partial charge in [0.1, 0.15) is 6.61 Å². The van der Waals surface area contributed by atoms with Crippen LogP contribution in [0.4, 0.5) is 5.95 Å². The lowest BCUT2D eigenvalue weighted by Gasteiger charge is -2.30. The molecule has 0 aliphatic carbocycles. The standard InChI is InChI=1S/C9H17N5O/c10-5-7-1-3-14(4-2-7)9-11-8(6-15)12-13-9/h7,15H,1-6,10H2,(H,11,12,13). The first kappa shape index (κ1) is 10.4. The van der Waals surface area contributed by atoms with E-state index in [1.54, 1.807) is 0 Å². The number of nitrogens with two attached hydrogens (primary N) is 1. The highest BCUT2D eigenvalue weighted by atomic mass is 16.3. The largest absolute Gasteiger partial charge is 0.388 e. The number of piperidine rings is 1. The van der Waals surface area contributed by atoms with Crippen LogP contribution in [0, 0.1) is 5.92 Å². The summed E-state index contributed by atoms with van der Waals surface area (Å²) in [6, 6.07) is 0. The molecular weight excluding hydrogens is 194 g/mol. The predicted molar refractivity (Wildman–Crippen MR) is 56.3 cm³/mol. The Bertz CT molecular complexity index is 305. The number of aliphatic hydroxyl groups is 1. The highest BCUT2D eigenvalue weighted by Crippen LogP contribution is 2.19. The third kappa shape index (κ3) is 2.27. The quantitative estimate of drug-likeness (QED) is 0.625. The van der Waals surface area contributed by atoms with Gasteiger partial charge in [-0.3, -0.25) is 5.10 Å². The number of nitrogens with zero attached hydrogens (tertiary/aromatic N) is 3. The van der Waals surface area contributed by atoms with Gasteiger partial charge in [-0.25, -0.2) is 0 Å². The minimum absolute atomic E-state index is 0.0910. The molecule has 0 bridgehead atoms. The Labute approximate surface area is 88.5 Å². The van der Waals surface area contributed by atoms with Gasteiger partial charge < -0.3 is 15.7 Å². The van der Waals surface area contributed by atoms with Gasteiger partial charge in [-0.05, 0) is 25.3 Å². The molecule has 1 aliphatic heterocycles. The van der Waals surface area contributed by atoms with Crippen molar-refractivity contribution in [3.05, 3.63) is 5.82 Å². The Kier molecular flexibility index (Phi) is 3.17. The molecule has 0 atom stereocenters. The van der Waals surface area contributed by atoms with Crippen molar-refractivity contribution < 1.29 is 5.11 Å². The minimum atomic E-state index is -0.0910. The Morgan fingerprint density at radius 3 is 2.73 bits per heavy atom. The monoisotopic (exact) mass is 211 g/mol. The van der Waals surface area contributed by atoms with E-state index in [0.29, 0.717) is 17.7 Å². The van der Waals surface area contributed by atoms with Gasteiger partial charge in [0, 0.05) is 13.1 Å². The second kappa shape index (κ2) is 4.59. The smallest absolute Gasteiger partial charge is 0.244 e. The van der Waals surface area contributed by atoms with E-state index in [-0.39, 0.29) is 6.61 Å². The first-order valence-corrected chi connectivity index (χ1v) is 5.30. The molecule has 0 spiro atoms. The van der Waals surface area contributed by atoms with Gasteiger partial charge >= 0.3 is 0 Å². The van der Waals surface area contributed by atoms with Crippen LogP contribution in [0.3, 0.4) is 0 Å². The molecule has 6 nitrogen and oxygen atoms in total. The van der Waals surface area contributed by atoms with Crippen molar-refractivity contribution in [1.82, 2.24) is 15.2 Å². The maximum Gasteiger partial charge on any atom is 0.244 e. The summed E-state index contributed by atoms with van der Waals surface area (Å²) in [6.07, 6.45) is 2.19. The van der Waals surface area contributed by atoms with Crippen LogP contribution in [-0.2, 0) is 6.61 Å². The molecule has 1 saturated heterocycles. The lowest BCUT2D eigenvalue weighted by molar-refractivity contribution is 0.272. The molecule has 1 aromatic heterocycles. The van der Waals surface area contributed by atoms with Gasteiger partial charge in [-0.1, -0.05) is 0 Å². The molecule has 0 radical (unpaired) electrons. The van der Waals surface area contributed by atoms with E-state index in [2.05, 4.69) is 20.1 Å². The zero-order chi connectivity index (χ0) is 10.7. The van der Waals surface area contributed by atoms with Crippen molar-refractivity contribution >= 4 is 5.95 Å². The average molecular weight is 211 g/mol. The van der Waals surface area contributed by atoms with E-state index >= 15 is 0 Å². The van der Waals surface area contributed by atoms with Crippen LogP contribution >= 0.6 is 0 Å². The maximum atomic E-state index is 8.86. The summed E-state index contributed by atoms with van der Waals surface area (Å²) < 4.78 is 0. The van der Waals surface area contributed by atoms with Crippen LogP contribution in [-0.4, -0.2) is 39.9 Å². The fourth-order valence-electron chi connectivity index (χ4n) is 1.87. The van der Waals surface area contributed by atoms with Gasteiger partial charge in [0.15, 0.2) is 5.82 Å². The molecule has 15 heavy (non-hydrogen) atoms. The van der Waals surface area contributed by atoms with Crippen LogP contribution < -0.4 is 10.6 Å². The molecule has 0 amide bonds. The summed E-state index contributed by atoms with van der Waals surface area (Å²) >= 11 is 0. The summed E-state index contributed by atoms with van der Waals surface area (Å²) in [5.74, 6) is 1.85. The number of aromatic nitrogens is 3. The van der Waals surface area contributed by atoms with Gasteiger partial charge in [-0.15, -0.1) is 5.10 Å². The fraction of sp³-hybridized carbons (Fsp3) is 0.778. The number of aromatic amines is 1. The molecule has 1 aromatic rings. The van der Waals surface area contributed by atoms with Gasteiger partial charge in [-0.2, -0.15) is 4.98 Å². The Morgan fingerprint density at radius 2 is 2.20 bits per heavy atom. The highest BCUT2D eigenvalue weighted by molar-refractivity contribution is 5.29. The van der Waals surface area contributed by atoms with E-state index in [1.165, 1.54) is 0 Å². The van der Waals surface area contributed by atoms with Crippen molar-refractivity contribution in [2.45, 2.75) is 19.4 Å². The molecule has 0 saturated carbocycles. The number of hydrogen-bond acceptors (Lipinski definition) is 5. The molecule has 1 aliphatic rings. The van der Waals surface area contributed by atoms with Crippen LogP contribution in [0.1, 0.15) is 18.7 Å². The number of hydrogen-bond donors (Lipinski definition) is 3. The summed E-state index contributed by atoms with van der Waals surface area (Å²) in [5, 5.41) is 15.6. The topological polar surface area (TPSA) is 91.1 Å². The maximum absolute atomic E-state index is 8.86. The van der Waals surface area contributed by atoms with Crippen molar-refractivity contribution in [2.24, 2.45) is 11.7 Å². The van der Waals surface area contributed by atoms with Crippen LogP contribution in [0.2, 0.25) is 0 Å². The third-order valence-electron chi connectivity index (χ3n) is 2.90. The summed E-state index contributed by atoms with van der Waals surface area (Å²) in [6.45, 7) is 2.57. The molecule has 0 unspecified atom stereocenters. The number of H-pyrrole nitrogens is 1. The fourth-order valence-corrected chi connectivity index (χ4v) is 1.87. The molecular formula is C9H17N5O. The number of rotatable bonds is 3. The normalized spacial score (nSPS) is 18.4. The molecule has 2 rings (SSSR count). The second-order valence-electron chi connectivity index (χ2n) is 3.91. The Morgan fingerprint density at radius 1 is 1.47 bits per heavy atom. The molecule has 0 aromatic carbocycles. The van der Waals surface area contributed by atoms with Crippen LogP contribution in [0.25, 0.3) is 0 Å². The van der Waals surface area contributed by atoms with Crippen molar-refractivity contribution in [2.75, 3.05) is 24.5 Å². The Hall–Kier alpha value is -1.14. The lowest BCUT2D eigenvalue weighted by Crippen LogP contribution is -2.36. The van der Waals surface area contributed by atoms with E-state index < -0.39 is 0 Å². The first-order chi connectivity index (χ1) is 7.33. The van der Waals surface area contributed by atoms with E-state index in [1.807, 2.05) is 0 Å². The highest BCUT2D eigenvalue weighted by Gasteiger charge is 2.20. The van der Waals surface area contributed by atoms with Crippen molar-refractivity contribution in [3.8, 4) is 0 Å². The van der Waals surface area contributed by atoms with E-state index in [9.17, 15) is 0 Å². The van der Waals surface area contributed by atoms with E-state index in [0.717, 1.165) is 32.5 Å². The van der Waals surface area contributed by atoms with Crippen LogP contribution in [0.5, 0.6) is 0 Å². The average Bonchev–Trinajstić information content (AvgIpc) is 2.78. The van der Waals surface area contributed by atoms with Gasteiger partial charge in [0.25, 0.3) is 0 Å². The second-order valence-corrected chi connectivity index (χ2v) is 3.91. The minimum Gasteiger partial charge on any atom is -0.388 e. The number of nitrogens with one attached hydrogen (secondary N) is 1. The zero-order valence-corrected chi connectivity index (χ0v) is 8.69. The third-order valence-corrected chi connectivity index (χ3v) is 2.90. The van der Waals surface area contributed by atoms with Crippen molar-refractivity contribution in [1.29, 1.82) is 0 Å². The summed E-state index contributed by atoms with van der Waals surface area (Å²) in [7, 11) is 0. The predicted octanol–water partition coefficient (Wildman–Crippen LogP) is -0.528.